The summed E-state index contributed by atoms with van der Waals surface area (Å²) in [7, 11) is 0. The third-order valence-corrected chi connectivity index (χ3v) is 7.67. The summed E-state index contributed by atoms with van der Waals surface area (Å²) < 4.78 is 0. The van der Waals surface area contributed by atoms with E-state index in [-0.39, 0.29) is 39.7 Å². The van der Waals surface area contributed by atoms with Crippen LogP contribution in [-0.4, -0.2) is 12.1 Å². The molecule has 0 N–H and O–H groups in total. The number of allylic oxidation sites excluding steroid dienone is 4. The average molecular weight is 623 g/mol. The summed E-state index contributed by atoms with van der Waals surface area (Å²) in [5.41, 5.74) is 4.41. The quantitative estimate of drug-likeness (QED) is 0.187. The van der Waals surface area contributed by atoms with Crippen LogP contribution in [0.15, 0.2) is 23.3 Å². The summed E-state index contributed by atoms with van der Waals surface area (Å²) in [6, 6.07) is 0. The van der Waals surface area contributed by atoms with E-state index in [1.165, 1.54) is 63.5 Å². The molecule has 0 aromatic carbocycles. The predicted molar refractivity (Wildman–Crippen MR) is 150 cm³/mol. The number of fused-ring (bicyclic) bond motifs is 2. The van der Waals surface area contributed by atoms with E-state index in [4.69, 9.17) is 0 Å². The Morgan fingerprint density at radius 3 is 1.38 bits per heavy atom. The molecule has 4 atom stereocenters. The Morgan fingerprint density at radius 1 is 0.750 bits per heavy atom. The summed E-state index contributed by atoms with van der Waals surface area (Å²) in [5.74, 6) is 3.33. The van der Waals surface area contributed by atoms with E-state index in [1.54, 1.807) is 32.7 Å². The third kappa shape index (κ3) is 10.1. The van der Waals surface area contributed by atoms with Crippen molar-refractivity contribution in [2.24, 2.45) is 34.5 Å². The van der Waals surface area contributed by atoms with Crippen LogP contribution in [0, 0.1) is 62.2 Å². The van der Waals surface area contributed by atoms with Crippen molar-refractivity contribution >= 4 is 37.0 Å². The van der Waals surface area contributed by atoms with Crippen molar-refractivity contribution in [3.63, 3.8) is 0 Å². The Balaban J connectivity index is -0.000000437. The molecule has 0 nitrogen and oxygen atoms in total. The predicted octanol–water partition coefficient (Wildman–Crippen LogP) is 8.79. The summed E-state index contributed by atoms with van der Waals surface area (Å²) in [6.45, 7) is 14.5. The standard InChI is InChI=1S/2C13H21.2CH3.2ClH.GeH2.Zr/c2*1-10-8-11-6-4-5-7-13(2,3)12(11)9-10;;;;;;/h2*6,8,10,12H,4-5,7,9H2,1-3H3;2*1H3;2*1H;1H2;/q4*-1;;;;. The summed E-state index contributed by atoms with van der Waals surface area (Å²) >= 11 is 3.14. The van der Waals surface area contributed by atoms with Crippen LogP contribution < -0.4 is 0 Å². The first-order valence-corrected chi connectivity index (χ1v) is 22.2. The van der Waals surface area contributed by atoms with Gasteiger partial charge in [0.15, 0.2) is 0 Å². The molecule has 32 heavy (non-hydrogen) atoms. The minimum atomic E-state index is 0. The van der Waals surface area contributed by atoms with Crippen LogP contribution in [0.4, 0.5) is 0 Å². The van der Waals surface area contributed by atoms with Crippen molar-refractivity contribution in [2.45, 2.75) is 92.9 Å². The Kier molecular flexibility index (Phi) is 19.8. The molecule has 0 spiro atoms. The molecule has 0 aliphatic heterocycles. The molecule has 4 aliphatic carbocycles. The molecule has 2 fully saturated rings. The number of rotatable bonds is 0. The van der Waals surface area contributed by atoms with E-state index in [1.807, 2.05) is 0 Å². The molecule has 4 unspecified atom stereocenters. The van der Waals surface area contributed by atoms with E-state index in [9.17, 15) is 0 Å². The zero-order valence-electron chi connectivity index (χ0n) is 22.3. The van der Waals surface area contributed by atoms with E-state index < -0.39 is 0 Å². The first-order chi connectivity index (χ1) is 13.2. The Hall–Kier alpha value is 1.23. The van der Waals surface area contributed by atoms with Gasteiger partial charge in [-0.15, -0.1) is 37.7 Å². The molecule has 0 bridgehead atoms. The van der Waals surface area contributed by atoms with E-state index >= 15 is 0 Å². The van der Waals surface area contributed by atoms with E-state index in [0.717, 1.165) is 23.7 Å². The summed E-state index contributed by atoms with van der Waals surface area (Å²) in [4.78, 5) is 0. The van der Waals surface area contributed by atoms with Crippen molar-refractivity contribution in [2.75, 3.05) is 0 Å². The molecule has 0 aromatic rings. The van der Waals surface area contributed by atoms with Crippen molar-refractivity contribution in [3.05, 3.63) is 51.0 Å². The van der Waals surface area contributed by atoms with E-state index in [0.29, 0.717) is 10.8 Å². The monoisotopic (exact) mass is 622 g/mol. The van der Waals surface area contributed by atoms with Crippen LogP contribution in [0.1, 0.15) is 92.9 Å². The molecule has 0 amide bonds. The fourth-order valence-electron chi connectivity index (χ4n) is 6.00. The molecule has 4 rings (SSSR count). The van der Waals surface area contributed by atoms with Crippen LogP contribution in [-0.2, 0) is 21.6 Å². The fourth-order valence-corrected chi connectivity index (χ4v) is 6.00. The Labute approximate surface area is 235 Å². The normalized spacial score (nSPS) is 30.4. The van der Waals surface area contributed by atoms with Gasteiger partial charge in [-0.25, -0.2) is 36.1 Å². The maximum atomic E-state index is 2.50. The maximum absolute atomic E-state index is 2.50. The zero-order chi connectivity index (χ0) is 20.9. The summed E-state index contributed by atoms with van der Waals surface area (Å²) in [5, 5.41) is 0. The second-order valence-electron chi connectivity index (χ2n) is 11.0. The molecular formula is C28H52Cl2GeZr-4. The van der Waals surface area contributed by atoms with Gasteiger partial charge in [-0.1, -0.05) is 79.1 Å². The molecule has 2 saturated carbocycles. The molecule has 0 saturated heterocycles. The molecular weight excluding hydrogens is 571 g/mol. The minimum absolute atomic E-state index is 0. The van der Waals surface area contributed by atoms with E-state index in [2.05, 4.69) is 66.5 Å². The van der Waals surface area contributed by atoms with Gasteiger partial charge in [-0.05, 0) is 35.5 Å². The van der Waals surface area contributed by atoms with Gasteiger partial charge in [0.05, 0.1) is 0 Å². The number of hydrogen-bond donors (Lipinski definition) is 0. The number of hydrogen-bond acceptors (Lipinski definition) is 0. The van der Waals surface area contributed by atoms with Gasteiger partial charge < -0.3 is 14.9 Å². The van der Waals surface area contributed by atoms with Crippen molar-refractivity contribution in [3.8, 4) is 0 Å². The fraction of sp³-hybridized carbons (Fsp3) is 0.714. The molecule has 190 valence electrons. The van der Waals surface area contributed by atoms with Gasteiger partial charge in [-0.2, -0.15) is 0 Å². The van der Waals surface area contributed by atoms with Crippen molar-refractivity contribution in [1.29, 1.82) is 0 Å². The average Bonchev–Trinajstić information content (AvgIpc) is 3.14. The van der Waals surface area contributed by atoms with Crippen LogP contribution in [0.5, 0.6) is 0 Å². The van der Waals surface area contributed by atoms with Gasteiger partial charge >= 0.3 is 33.7 Å². The molecule has 4 heteroatoms. The van der Waals surface area contributed by atoms with Crippen LogP contribution in [0.3, 0.4) is 0 Å². The second-order valence-corrected chi connectivity index (χ2v) is 11.0. The Bertz CT molecular complexity index is 532. The van der Waals surface area contributed by atoms with Gasteiger partial charge in [0.2, 0.25) is 0 Å². The van der Waals surface area contributed by atoms with Gasteiger partial charge in [0.25, 0.3) is 0 Å². The molecule has 0 aromatic heterocycles. The first kappa shape index (κ1) is 37.8. The first-order valence-electron chi connectivity index (χ1n) is 11.6. The number of halogens is 2. The third-order valence-electron chi connectivity index (χ3n) is 7.67. The van der Waals surface area contributed by atoms with Gasteiger partial charge in [-0.3, -0.25) is 0 Å². The van der Waals surface area contributed by atoms with Gasteiger partial charge in [0.1, 0.15) is 0 Å². The van der Waals surface area contributed by atoms with Gasteiger partial charge in [0, 0.05) is 0 Å². The Morgan fingerprint density at radius 2 is 1.06 bits per heavy atom. The van der Waals surface area contributed by atoms with Crippen molar-refractivity contribution in [1.82, 2.24) is 0 Å². The summed E-state index contributed by atoms with van der Waals surface area (Å²) in [6.07, 6.45) is 20.9. The van der Waals surface area contributed by atoms with Crippen molar-refractivity contribution < 1.29 is 21.6 Å². The second kappa shape index (κ2) is 16.8. The SMILES string of the molecule is CC1[CH-]C2=CCCCC(C)(C)C2C1.CC1[CH-]C2=CCCCC(C)(C)C2C1.Cl.Cl.[CH3-].[CH3-].[GeH2]=[Zr]. The molecule has 0 heterocycles. The van der Waals surface area contributed by atoms with Crippen LogP contribution in [0.2, 0.25) is 0 Å². The zero-order valence-corrected chi connectivity index (χ0v) is 29.4. The molecule has 0 radical (unpaired) electrons. The van der Waals surface area contributed by atoms with Crippen LogP contribution >= 0.6 is 24.8 Å². The van der Waals surface area contributed by atoms with Crippen LogP contribution in [0.25, 0.3) is 0 Å². The molecule has 4 aliphatic rings. The topological polar surface area (TPSA) is 0 Å².